The maximum atomic E-state index is 5.74. The lowest BCUT2D eigenvalue weighted by molar-refractivity contribution is 0.205. The smallest absolute Gasteiger partial charge is 0.188 e. The summed E-state index contributed by atoms with van der Waals surface area (Å²) in [6.45, 7) is 5.04. The summed E-state index contributed by atoms with van der Waals surface area (Å²) in [4.78, 5) is 6.49. The summed E-state index contributed by atoms with van der Waals surface area (Å²) < 4.78 is 0. The fourth-order valence-electron chi connectivity index (χ4n) is 0.903. The summed E-state index contributed by atoms with van der Waals surface area (Å²) in [7, 11) is 4.11. The molecule has 0 bridgehead atoms. The molecule has 0 aliphatic heterocycles. The van der Waals surface area contributed by atoms with Gasteiger partial charge >= 0.3 is 0 Å². The Labute approximate surface area is 86.6 Å². The van der Waals surface area contributed by atoms with E-state index in [9.17, 15) is 0 Å². The molecule has 4 heteroatoms. The maximum Gasteiger partial charge on any atom is 0.188 e. The molecule has 3 N–H and O–H groups in total. The molecule has 1 aliphatic rings. The summed E-state index contributed by atoms with van der Waals surface area (Å²) in [6, 6.07) is 0.584. The fourth-order valence-corrected chi connectivity index (χ4v) is 0.903. The van der Waals surface area contributed by atoms with E-state index in [0.717, 1.165) is 6.54 Å². The zero-order chi connectivity index (χ0) is 10.8. The van der Waals surface area contributed by atoms with Crippen LogP contribution >= 0.6 is 0 Å². The van der Waals surface area contributed by atoms with Crippen molar-refractivity contribution in [1.82, 2.24) is 10.2 Å². The van der Waals surface area contributed by atoms with E-state index in [2.05, 4.69) is 43.2 Å². The molecule has 0 heterocycles. The Bertz CT molecular complexity index is 216. The second-order valence-electron chi connectivity index (χ2n) is 4.83. The van der Waals surface area contributed by atoms with Crippen molar-refractivity contribution in [3.63, 3.8) is 0 Å². The Hall–Kier alpha value is -0.770. The van der Waals surface area contributed by atoms with Crippen molar-refractivity contribution in [3.05, 3.63) is 0 Å². The van der Waals surface area contributed by atoms with Gasteiger partial charge in [-0.15, -0.1) is 0 Å². The van der Waals surface area contributed by atoms with Gasteiger partial charge < -0.3 is 16.0 Å². The minimum atomic E-state index is 0.0653. The van der Waals surface area contributed by atoms with Crippen molar-refractivity contribution in [1.29, 1.82) is 0 Å². The molecule has 1 saturated carbocycles. The first-order chi connectivity index (χ1) is 6.42. The Morgan fingerprint density at radius 1 is 1.50 bits per heavy atom. The molecule has 0 spiro atoms. The highest BCUT2D eigenvalue weighted by atomic mass is 15.2. The van der Waals surface area contributed by atoms with E-state index >= 15 is 0 Å². The van der Waals surface area contributed by atoms with E-state index in [4.69, 9.17) is 5.73 Å². The second kappa shape index (κ2) is 4.17. The topological polar surface area (TPSA) is 53.6 Å². The number of hydrogen-bond acceptors (Lipinski definition) is 2. The summed E-state index contributed by atoms with van der Waals surface area (Å²) in [5, 5.41) is 3.17. The highest BCUT2D eigenvalue weighted by Crippen LogP contribution is 2.18. The van der Waals surface area contributed by atoms with Crippen molar-refractivity contribution in [3.8, 4) is 0 Å². The van der Waals surface area contributed by atoms with Crippen molar-refractivity contribution in [2.75, 3.05) is 20.6 Å². The molecule has 4 nitrogen and oxygen atoms in total. The molecule has 0 unspecified atom stereocenters. The standard InChI is InChI=1S/C10H22N4/c1-10(2,14(3)4)7-12-9(11)13-8-5-6-8/h8H,5-7H2,1-4H3,(H3,11,12,13). The number of aliphatic imine (C=N–C) groups is 1. The number of likely N-dealkylation sites (N-methyl/N-ethyl adjacent to an activating group) is 1. The van der Waals surface area contributed by atoms with E-state index in [1.165, 1.54) is 12.8 Å². The molecular weight excluding hydrogens is 176 g/mol. The third-order valence-corrected chi connectivity index (χ3v) is 2.78. The Balaban J connectivity index is 2.35. The van der Waals surface area contributed by atoms with Gasteiger partial charge in [0, 0.05) is 11.6 Å². The van der Waals surface area contributed by atoms with Crippen LogP contribution in [0.4, 0.5) is 0 Å². The molecule has 0 aromatic carbocycles. The highest BCUT2D eigenvalue weighted by Gasteiger charge is 2.23. The molecule has 0 amide bonds. The fraction of sp³-hybridized carbons (Fsp3) is 0.900. The third-order valence-electron chi connectivity index (χ3n) is 2.78. The largest absolute Gasteiger partial charge is 0.370 e. The number of rotatable bonds is 4. The molecule has 0 atom stereocenters. The molecular formula is C10H22N4. The van der Waals surface area contributed by atoms with Crippen molar-refractivity contribution < 1.29 is 0 Å². The van der Waals surface area contributed by atoms with Gasteiger partial charge in [0.1, 0.15) is 0 Å². The minimum Gasteiger partial charge on any atom is -0.370 e. The number of nitrogens with one attached hydrogen (secondary N) is 1. The van der Waals surface area contributed by atoms with Crippen LogP contribution in [-0.4, -0.2) is 43.1 Å². The van der Waals surface area contributed by atoms with Gasteiger partial charge in [-0.1, -0.05) is 0 Å². The van der Waals surface area contributed by atoms with E-state index < -0.39 is 0 Å². The molecule has 0 radical (unpaired) electrons. The number of guanidine groups is 1. The lowest BCUT2D eigenvalue weighted by atomic mass is 10.1. The maximum absolute atomic E-state index is 5.74. The van der Waals surface area contributed by atoms with Crippen LogP contribution in [0.5, 0.6) is 0 Å². The summed E-state index contributed by atoms with van der Waals surface area (Å²) in [5.41, 5.74) is 5.81. The van der Waals surface area contributed by atoms with Crippen molar-refractivity contribution in [2.45, 2.75) is 38.3 Å². The number of hydrogen-bond donors (Lipinski definition) is 2. The van der Waals surface area contributed by atoms with Crippen LogP contribution in [0.15, 0.2) is 4.99 Å². The first-order valence-corrected chi connectivity index (χ1v) is 5.16. The van der Waals surface area contributed by atoms with E-state index in [-0.39, 0.29) is 5.54 Å². The van der Waals surface area contributed by atoms with Crippen molar-refractivity contribution >= 4 is 5.96 Å². The van der Waals surface area contributed by atoms with Crippen LogP contribution < -0.4 is 11.1 Å². The average molecular weight is 198 g/mol. The molecule has 0 aromatic rings. The monoisotopic (exact) mass is 198 g/mol. The SMILES string of the molecule is CN(C)C(C)(C)CN=C(N)NC1CC1. The Morgan fingerprint density at radius 2 is 2.07 bits per heavy atom. The van der Waals surface area contributed by atoms with Gasteiger partial charge in [-0.25, -0.2) is 0 Å². The van der Waals surface area contributed by atoms with Crippen LogP contribution in [0, 0.1) is 0 Å². The lowest BCUT2D eigenvalue weighted by Crippen LogP contribution is -2.42. The second-order valence-corrected chi connectivity index (χ2v) is 4.83. The van der Waals surface area contributed by atoms with E-state index in [1.54, 1.807) is 0 Å². The highest BCUT2D eigenvalue weighted by molar-refractivity contribution is 5.78. The summed E-state index contributed by atoms with van der Waals surface area (Å²) in [6.07, 6.45) is 2.46. The zero-order valence-corrected chi connectivity index (χ0v) is 9.67. The van der Waals surface area contributed by atoms with Crippen LogP contribution in [0.3, 0.4) is 0 Å². The van der Waals surface area contributed by atoms with Gasteiger partial charge in [0.05, 0.1) is 6.54 Å². The first kappa shape index (κ1) is 11.3. The van der Waals surface area contributed by atoms with Gasteiger partial charge in [0.25, 0.3) is 0 Å². The molecule has 1 aliphatic carbocycles. The van der Waals surface area contributed by atoms with Crippen molar-refractivity contribution in [2.24, 2.45) is 10.7 Å². The summed E-state index contributed by atoms with van der Waals surface area (Å²) in [5.74, 6) is 0.586. The first-order valence-electron chi connectivity index (χ1n) is 5.16. The van der Waals surface area contributed by atoms with Gasteiger partial charge in [0.15, 0.2) is 5.96 Å². The number of nitrogens with zero attached hydrogens (tertiary/aromatic N) is 2. The molecule has 0 aromatic heterocycles. The van der Waals surface area contributed by atoms with Crippen LogP contribution in [0.1, 0.15) is 26.7 Å². The predicted octanol–water partition coefficient (Wildman–Crippen LogP) is 0.393. The van der Waals surface area contributed by atoms with Crippen LogP contribution in [0.25, 0.3) is 0 Å². The van der Waals surface area contributed by atoms with Gasteiger partial charge in [-0.2, -0.15) is 0 Å². The molecule has 0 saturated heterocycles. The van der Waals surface area contributed by atoms with Gasteiger partial charge in [-0.3, -0.25) is 4.99 Å². The third kappa shape index (κ3) is 3.54. The Morgan fingerprint density at radius 3 is 2.50 bits per heavy atom. The van der Waals surface area contributed by atoms with Crippen LogP contribution in [0.2, 0.25) is 0 Å². The van der Waals surface area contributed by atoms with E-state index in [0.29, 0.717) is 12.0 Å². The van der Waals surface area contributed by atoms with Gasteiger partial charge in [-0.05, 0) is 40.8 Å². The molecule has 14 heavy (non-hydrogen) atoms. The predicted molar refractivity (Wildman–Crippen MR) is 60.4 cm³/mol. The number of nitrogens with two attached hydrogens (primary N) is 1. The van der Waals surface area contributed by atoms with Gasteiger partial charge in [0.2, 0.25) is 0 Å². The molecule has 1 rings (SSSR count). The lowest BCUT2D eigenvalue weighted by Gasteiger charge is -2.30. The van der Waals surface area contributed by atoms with E-state index in [1.807, 2.05) is 0 Å². The normalized spacial score (nSPS) is 18.8. The quantitative estimate of drug-likeness (QED) is 0.507. The summed E-state index contributed by atoms with van der Waals surface area (Å²) >= 11 is 0. The molecule has 1 fully saturated rings. The van der Waals surface area contributed by atoms with Crippen LogP contribution in [-0.2, 0) is 0 Å². The Kier molecular flexibility index (Phi) is 3.37. The zero-order valence-electron chi connectivity index (χ0n) is 9.67. The average Bonchev–Trinajstić information content (AvgIpc) is 2.85. The minimum absolute atomic E-state index is 0.0653. The molecule has 82 valence electrons.